The molecule has 146 valence electrons. The summed E-state index contributed by atoms with van der Waals surface area (Å²) >= 11 is 0. The number of benzene rings is 2. The van der Waals surface area contributed by atoms with Crippen molar-refractivity contribution in [1.82, 2.24) is 18.9 Å². The van der Waals surface area contributed by atoms with Crippen LogP contribution in [0.5, 0.6) is 5.75 Å². The monoisotopic (exact) mass is 380 g/mol. The molecule has 1 saturated heterocycles. The summed E-state index contributed by atoms with van der Waals surface area (Å²) in [7, 11) is 3.41. The van der Waals surface area contributed by atoms with E-state index in [1.807, 2.05) is 29.2 Å². The topological polar surface area (TPSA) is 59.7 Å². The van der Waals surface area contributed by atoms with Crippen LogP contribution in [0.2, 0.25) is 0 Å². The number of rotatable bonds is 4. The molecular formula is C21H24N4O3. The molecule has 0 unspecified atom stereocenters. The number of carbonyl (C=O) groups is 1. The van der Waals surface area contributed by atoms with Crippen molar-refractivity contribution in [2.75, 3.05) is 33.3 Å². The SMILES string of the molecule is COc1ccc(C(=O)N2CCN(Cn3c(=O)n(C)c4ccccc43)CC2)cc1. The van der Waals surface area contributed by atoms with Gasteiger partial charge in [0.2, 0.25) is 0 Å². The lowest BCUT2D eigenvalue weighted by atomic mass is 10.1. The number of para-hydroxylation sites is 2. The van der Waals surface area contributed by atoms with Crippen LogP contribution < -0.4 is 10.4 Å². The summed E-state index contributed by atoms with van der Waals surface area (Å²) in [6.45, 7) is 3.29. The van der Waals surface area contributed by atoms with Crippen molar-refractivity contribution in [2.24, 2.45) is 7.05 Å². The Labute approximate surface area is 163 Å². The zero-order chi connectivity index (χ0) is 19.7. The average molecular weight is 380 g/mol. The number of amides is 1. The second kappa shape index (κ2) is 7.52. The third-order valence-corrected chi connectivity index (χ3v) is 5.39. The van der Waals surface area contributed by atoms with Crippen LogP contribution >= 0.6 is 0 Å². The number of ether oxygens (including phenoxy) is 1. The molecule has 1 fully saturated rings. The van der Waals surface area contributed by atoms with Crippen LogP contribution in [0.25, 0.3) is 11.0 Å². The summed E-state index contributed by atoms with van der Waals surface area (Å²) in [4.78, 5) is 29.4. The predicted octanol–water partition coefficient (Wildman–Crippen LogP) is 1.76. The van der Waals surface area contributed by atoms with Gasteiger partial charge in [-0.1, -0.05) is 12.1 Å². The van der Waals surface area contributed by atoms with Crippen LogP contribution in [-0.4, -0.2) is 58.1 Å². The van der Waals surface area contributed by atoms with E-state index < -0.39 is 0 Å². The Hall–Kier alpha value is -3.06. The summed E-state index contributed by atoms with van der Waals surface area (Å²) in [6, 6.07) is 15.0. The molecule has 28 heavy (non-hydrogen) atoms. The fourth-order valence-electron chi connectivity index (χ4n) is 3.71. The molecule has 1 amide bonds. The van der Waals surface area contributed by atoms with E-state index in [9.17, 15) is 9.59 Å². The number of methoxy groups -OCH3 is 1. The van der Waals surface area contributed by atoms with Crippen molar-refractivity contribution in [3.05, 3.63) is 64.6 Å². The van der Waals surface area contributed by atoms with E-state index in [2.05, 4.69) is 4.90 Å². The third-order valence-electron chi connectivity index (χ3n) is 5.39. The van der Waals surface area contributed by atoms with E-state index in [-0.39, 0.29) is 11.6 Å². The number of hydrogen-bond acceptors (Lipinski definition) is 4. The molecule has 0 radical (unpaired) electrons. The fourth-order valence-corrected chi connectivity index (χ4v) is 3.71. The fraction of sp³-hybridized carbons (Fsp3) is 0.333. The van der Waals surface area contributed by atoms with Crippen molar-refractivity contribution in [3.8, 4) is 5.75 Å². The molecule has 2 aromatic carbocycles. The Morgan fingerprint density at radius 1 is 0.964 bits per heavy atom. The molecule has 0 saturated carbocycles. The van der Waals surface area contributed by atoms with Gasteiger partial charge in [-0.25, -0.2) is 4.79 Å². The van der Waals surface area contributed by atoms with Crippen LogP contribution in [0.4, 0.5) is 0 Å². The summed E-state index contributed by atoms with van der Waals surface area (Å²) in [5.41, 5.74) is 2.52. The number of imidazole rings is 1. The van der Waals surface area contributed by atoms with Crippen LogP contribution in [-0.2, 0) is 13.7 Å². The molecule has 1 aromatic heterocycles. The first kappa shape index (κ1) is 18.3. The molecule has 4 rings (SSSR count). The van der Waals surface area contributed by atoms with Gasteiger partial charge in [0, 0.05) is 38.8 Å². The highest BCUT2D eigenvalue weighted by molar-refractivity contribution is 5.94. The van der Waals surface area contributed by atoms with Gasteiger partial charge in [-0.3, -0.25) is 18.8 Å². The van der Waals surface area contributed by atoms with Crippen molar-refractivity contribution >= 4 is 16.9 Å². The van der Waals surface area contributed by atoms with Crippen molar-refractivity contribution in [2.45, 2.75) is 6.67 Å². The quantitative estimate of drug-likeness (QED) is 0.692. The Morgan fingerprint density at radius 2 is 1.61 bits per heavy atom. The Kier molecular flexibility index (Phi) is 4.92. The molecule has 0 atom stereocenters. The maximum atomic E-state index is 12.7. The lowest BCUT2D eigenvalue weighted by molar-refractivity contribution is 0.0595. The van der Waals surface area contributed by atoms with Crippen molar-refractivity contribution in [3.63, 3.8) is 0 Å². The van der Waals surface area contributed by atoms with Gasteiger partial charge in [-0.2, -0.15) is 0 Å². The average Bonchev–Trinajstić information content (AvgIpc) is 2.99. The molecule has 2 heterocycles. The van der Waals surface area contributed by atoms with E-state index in [1.54, 1.807) is 47.6 Å². The maximum Gasteiger partial charge on any atom is 0.329 e. The second-order valence-electron chi connectivity index (χ2n) is 7.04. The number of nitrogens with zero attached hydrogens (tertiary/aromatic N) is 4. The van der Waals surface area contributed by atoms with Crippen molar-refractivity contribution in [1.29, 1.82) is 0 Å². The van der Waals surface area contributed by atoms with E-state index in [0.717, 1.165) is 29.9 Å². The normalized spacial score (nSPS) is 15.1. The van der Waals surface area contributed by atoms with Crippen LogP contribution in [0.15, 0.2) is 53.3 Å². The third kappa shape index (κ3) is 3.29. The van der Waals surface area contributed by atoms with Crippen molar-refractivity contribution < 1.29 is 9.53 Å². The van der Waals surface area contributed by atoms with Gasteiger partial charge >= 0.3 is 5.69 Å². The summed E-state index contributed by atoms with van der Waals surface area (Å²) in [5.74, 6) is 0.770. The summed E-state index contributed by atoms with van der Waals surface area (Å²) in [5, 5.41) is 0. The second-order valence-corrected chi connectivity index (χ2v) is 7.04. The number of aryl methyl sites for hydroxylation is 1. The Bertz CT molecular complexity index is 1040. The molecule has 0 spiro atoms. The van der Waals surface area contributed by atoms with E-state index in [0.29, 0.717) is 25.3 Å². The van der Waals surface area contributed by atoms with Gasteiger partial charge in [-0.15, -0.1) is 0 Å². The minimum Gasteiger partial charge on any atom is -0.497 e. The standard InChI is InChI=1S/C21H24N4O3/c1-22-18-5-3-4-6-19(18)25(21(22)27)15-23-11-13-24(14-12-23)20(26)16-7-9-17(28-2)10-8-16/h3-10H,11-15H2,1-2H3. The van der Waals surface area contributed by atoms with E-state index in [4.69, 9.17) is 4.74 Å². The van der Waals surface area contributed by atoms with Gasteiger partial charge in [0.25, 0.3) is 5.91 Å². The van der Waals surface area contributed by atoms with Gasteiger partial charge in [0.15, 0.2) is 0 Å². The minimum atomic E-state index is -0.0158. The highest BCUT2D eigenvalue weighted by Crippen LogP contribution is 2.16. The van der Waals surface area contributed by atoms with Crippen LogP contribution in [0.3, 0.4) is 0 Å². The summed E-state index contributed by atoms with van der Waals surface area (Å²) in [6.07, 6.45) is 0. The van der Waals surface area contributed by atoms with Gasteiger partial charge in [0.1, 0.15) is 5.75 Å². The van der Waals surface area contributed by atoms with Crippen LogP contribution in [0, 0.1) is 0 Å². The predicted molar refractivity (Wildman–Crippen MR) is 108 cm³/mol. The number of hydrogen-bond donors (Lipinski definition) is 0. The lowest BCUT2D eigenvalue weighted by Gasteiger charge is -2.34. The highest BCUT2D eigenvalue weighted by atomic mass is 16.5. The van der Waals surface area contributed by atoms with E-state index in [1.165, 1.54) is 0 Å². The maximum absolute atomic E-state index is 12.7. The summed E-state index contributed by atoms with van der Waals surface area (Å²) < 4.78 is 8.63. The molecule has 0 N–H and O–H groups in total. The van der Waals surface area contributed by atoms with Gasteiger partial charge in [0.05, 0.1) is 24.8 Å². The highest BCUT2D eigenvalue weighted by Gasteiger charge is 2.23. The zero-order valence-corrected chi connectivity index (χ0v) is 16.2. The molecule has 1 aliphatic heterocycles. The molecular weight excluding hydrogens is 356 g/mol. The molecule has 0 bridgehead atoms. The largest absolute Gasteiger partial charge is 0.497 e. The smallest absolute Gasteiger partial charge is 0.329 e. The number of piperazine rings is 1. The Morgan fingerprint density at radius 3 is 2.25 bits per heavy atom. The minimum absolute atomic E-state index is 0.0158. The first-order valence-corrected chi connectivity index (χ1v) is 9.38. The molecule has 7 nitrogen and oxygen atoms in total. The van der Waals surface area contributed by atoms with Gasteiger partial charge in [-0.05, 0) is 36.4 Å². The van der Waals surface area contributed by atoms with Crippen LogP contribution in [0.1, 0.15) is 10.4 Å². The number of carbonyl (C=O) groups excluding carboxylic acids is 1. The molecule has 7 heteroatoms. The van der Waals surface area contributed by atoms with E-state index >= 15 is 0 Å². The molecule has 1 aliphatic rings. The first-order chi connectivity index (χ1) is 13.6. The number of fused-ring (bicyclic) bond motifs is 1. The Balaban J connectivity index is 1.43. The molecule has 3 aromatic rings. The number of aromatic nitrogens is 2. The van der Waals surface area contributed by atoms with Gasteiger partial charge < -0.3 is 9.64 Å². The lowest BCUT2D eigenvalue weighted by Crippen LogP contribution is -2.49. The first-order valence-electron chi connectivity index (χ1n) is 9.38. The molecule has 0 aliphatic carbocycles. The zero-order valence-electron chi connectivity index (χ0n) is 16.2.